The lowest BCUT2D eigenvalue weighted by Gasteiger charge is -2.44. The van der Waals surface area contributed by atoms with Crippen LogP contribution in [0.15, 0.2) is 78.4 Å². The number of carbonyl (C=O) groups is 2. The van der Waals surface area contributed by atoms with Crippen molar-refractivity contribution in [2.45, 2.75) is 45.2 Å². The summed E-state index contributed by atoms with van der Waals surface area (Å²) in [6.07, 6.45) is 2.42. The van der Waals surface area contributed by atoms with Gasteiger partial charge in [-0.05, 0) is 67.2 Å². The van der Waals surface area contributed by atoms with Gasteiger partial charge in [0.15, 0.2) is 0 Å². The number of para-hydroxylation sites is 1. The fourth-order valence-electron chi connectivity index (χ4n) is 5.76. The summed E-state index contributed by atoms with van der Waals surface area (Å²) in [6.45, 7) is 6.18. The van der Waals surface area contributed by atoms with E-state index in [9.17, 15) is 9.59 Å². The molecule has 2 atom stereocenters. The highest BCUT2D eigenvalue weighted by molar-refractivity contribution is 6.32. The van der Waals surface area contributed by atoms with E-state index in [1.807, 2.05) is 67.4 Å². The molecular formula is C35H40ClN3O4. The van der Waals surface area contributed by atoms with Crippen LogP contribution in [0.3, 0.4) is 0 Å². The highest BCUT2D eigenvalue weighted by Gasteiger charge is 2.39. The number of hydrogen-bond donors (Lipinski definition) is 1. The maximum absolute atomic E-state index is 14.0. The first-order valence-electron chi connectivity index (χ1n) is 14.9. The fraction of sp³-hybridized carbons (Fsp3) is 0.371. The zero-order chi connectivity index (χ0) is 30.3. The smallest absolute Gasteiger partial charge is 0.251 e. The maximum atomic E-state index is 14.0. The van der Waals surface area contributed by atoms with Crippen molar-refractivity contribution in [1.82, 2.24) is 15.1 Å². The molecule has 5 rings (SSSR count). The van der Waals surface area contributed by atoms with Crippen molar-refractivity contribution in [2.75, 3.05) is 39.9 Å². The third-order valence-corrected chi connectivity index (χ3v) is 8.46. The number of ether oxygens (including phenoxy) is 2. The van der Waals surface area contributed by atoms with Crippen molar-refractivity contribution in [3.8, 4) is 11.5 Å². The molecule has 3 aromatic rings. The molecule has 0 radical (unpaired) electrons. The Bertz CT molecular complexity index is 1450. The van der Waals surface area contributed by atoms with Crippen molar-refractivity contribution < 1.29 is 19.1 Å². The molecule has 226 valence electrons. The van der Waals surface area contributed by atoms with Crippen molar-refractivity contribution in [2.24, 2.45) is 0 Å². The normalized spacial score (nSPS) is 17.9. The monoisotopic (exact) mass is 601 g/mol. The van der Waals surface area contributed by atoms with Crippen molar-refractivity contribution in [1.29, 1.82) is 0 Å². The Morgan fingerprint density at radius 2 is 1.72 bits per heavy atom. The van der Waals surface area contributed by atoms with Crippen LogP contribution in [0, 0.1) is 6.92 Å². The zero-order valence-corrected chi connectivity index (χ0v) is 25.9. The van der Waals surface area contributed by atoms with Crippen molar-refractivity contribution in [3.05, 3.63) is 100 Å². The summed E-state index contributed by atoms with van der Waals surface area (Å²) in [5.74, 6) is 1.49. The van der Waals surface area contributed by atoms with Gasteiger partial charge in [-0.25, -0.2) is 0 Å². The third-order valence-electron chi connectivity index (χ3n) is 8.15. The highest BCUT2D eigenvalue weighted by atomic mass is 35.5. The average Bonchev–Trinajstić information content (AvgIpc) is 3.00. The van der Waals surface area contributed by atoms with E-state index >= 15 is 0 Å². The number of hydrogen-bond acceptors (Lipinski definition) is 5. The third kappa shape index (κ3) is 7.78. The Kier molecular flexibility index (Phi) is 10.1. The predicted octanol–water partition coefficient (Wildman–Crippen LogP) is 5.54. The van der Waals surface area contributed by atoms with Crippen LogP contribution in [0.1, 0.15) is 36.5 Å². The van der Waals surface area contributed by atoms with Crippen LogP contribution in [0.2, 0.25) is 5.02 Å². The van der Waals surface area contributed by atoms with Gasteiger partial charge in [-0.3, -0.25) is 9.59 Å². The van der Waals surface area contributed by atoms with E-state index in [0.29, 0.717) is 50.0 Å². The first kappa shape index (κ1) is 30.6. The van der Waals surface area contributed by atoms with E-state index < -0.39 is 0 Å². The van der Waals surface area contributed by atoms with Gasteiger partial charge in [0.1, 0.15) is 18.1 Å². The van der Waals surface area contributed by atoms with E-state index in [1.54, 1.807) is 11.8 Å². The number of likely N-dealkylation sites (N-methyl/N-ethyl adjacent to an activating group) is 1. The molecule has 1 unspecified atom stereocenters. The number of amides is 2. The predicted molar refractivity (Wildman–Crippen MR) is 171 cm³/mol. The van der Waals surface area contributed by atoms with Gasteiger partial charge in [-0.15, -0.1) is 0 Å². The Morgan fingerprint density at radius 3 is 2.44 bits per heavy atom. The topological polar surface area (TPSA) is 71.1 Å². The molecular weight excluding hydrogens is 562 g/mol. The standard InChI is InChI=1S/C35H40ClN3O4/c1-24-10-16-29(17-11-24)42-20-18-38(3)35(41)34-30(21-28-22-39(25(2)40)23-32(34)37-28)27-14-12-26(13-15-27)7-6-19-43-33-9-5-4-8-31(33)36/h4-5,8-17,28,32,37H,6-7,18-23H2,1-3H3/t28?,32-/m1/s1. The molecule has 0 spiro atoms. The van der Waals surface area contributed by atoms with E-state index in [4.69, 9.17) is 21.1 Å². The summed E-state index contributed by atoms with van der Waals surface area (Å²) in [4.78, 5) is 29.8. The molecule has 1 saturated heterocycles. The number of piperazine rings is 1. The summed E-state index contributed by atoms with van der Waals surface area (Å²) in [5, 5.41) is 4.24. The average molecular weight is 602 g/mol. The van der Waals surface area contributed by atoms with Gasteiger partial charge in [-0.2, -0.15) is 0 Å². The fourth-order valence-corrected chi connectivity index (χ4v) is 5.95. The molecule has 2 bridgehead atoms. The molecule has 3 aromatic carbocycles. The van der Waals surface area contributed by atoms with E-state index in [2.05, 4.69) is 29.6 Å². The number of aryl methyl sites for hydroxylation is 2. The van der Waals surface area contributed by atoms with Gasteiger partial charge in [0, 0.05) is 38.7 Å². The Hall–Kier alpha value is -3.81. The summed E-state index contributed by atoms with van der Waals surface area (Å²) < 4.78 is 11.7. The number of benzene rings is 3. The van der Waals surface area contributed by atoms with Gasteiger partial charge in [-0.1, -0.05) is 65.7 Å². The number of halogens is 1. The second kappa shape index (κ2) is 14.1. The molecule has 0 aliphatic carbocycles. The largest absolute Gasteiger partial charge is 0.492 e. The minimum Gasteiger partial charge on any atom is -0.492 e. The van der Waals surface area contributed by atoms with Gasteiger partial charge < -0.3 is 24.6 Å². The number of fused-ring (bicyclic) bond motifs is 2. The van der Waals surface area contributed by atoms with Crippen molar-refractivity contribution >= 4 is 29.0 Å². The molecule has 0 aromatic heterocycles. The Labute approximate surface area is 259 Å². The highest BCUT2D eigenvalue weighted by Crippen LogP contribution is 2.34. The van der Waals surface area contributed by atoms with Crippen LogP contribution in [-0.2, 0) is 16.0 Å². The Morgan fingerprint density at radius 1 is 0.977 bits per heavy atom. The second-order valence-electron chi connectivity index (χ2n) is 11.4. The van der Waals surface area contributed by atoms with Crippen LogP contribution >= 0.6 is 11.6 Å². The number of nitrogens with one attached hydrogen (secondary N) is 1. The zero-order valence-electron chi connectivity index (χ0n) is 25.1. The summed E-state index contributed by atoms with van der Waals surface area (Å²) >= 11 is 6.19. The molecule has 8 heteroatoms. The summed E-state index contributed by atoms with van der Waals surface area (Å²) in [5.41, 5.74) is 5.23. The Balaban J connectivity index is 1.28. The van der Waals surface area contributed by atoms with Gasteiger partial charge >= 0.3 is 0 Å². The molecule has 1 N–H and O–H groups in total. The lowest BCUT2D eigenvalue weighted by molar-refractivity contribution is -0.132. The van der Waals surface area contributed by atoms with Gasteiger partial charge in [0.2, 0.25) is 5.91 Å². The lowest BCUT2D eigenvalue weighted by atomic mass is 9.82. The SMILES string of the molecule is CC(=O)N1CC2CC(c3ccc(CCCOc4ccccc4Cl)cc3)=C(C(=O)N(C)CCOc3ccc(C)cc3)[C@@H](C1)N2. The minimum absolute atomic E-state index is 0.0365. The van der Waals surface area contributed by atoms with Crippen LogP contribution in [0.5, 0.6) is 11.5 Å². The molecule has 1 fully saturated rings. The van der Waals surface area contributed by atoms with E-state index in [-0.39, 0.29) is 23.9 Å². The van der Waals surface area contributed by atoms with Crippen LogP contribution in [0.25, 0.3) is 5.57 Å². The first-order valence-corrected chi connectivity index (χ1v) is 15.3. The summed E-state index contributed by atoms with van der Waals surface area (Å²) in [7, 11) is 1.82. The maximum Gasteiger partial charge on any atom is 0.251 e. The molecule has 7 nitrogen and oxygen atoms in total. The molecule has 0 saturated carbocycles. The minimum atomic E-state index is -0.221. The van der Waals surface area contributed by atoms with Crippen LogP contribution < -0.4 is 14.8 Å². The second-order valence-corrected chi connectivity index (χ2v) is 11.8. The number of rotatable bonds is 11. The molecule has 2 heterocycles. The molecule has 2 aliphatic heterocycles. The molecule has 43 heavy (non-hydrogen) atoms. The van der Waals surface area contributed by atoms with E-state index in [0.717, 1.165) is 35.3 Å². The molecule has 2 aliphatic rings. The first-order chi connectivity index (χ1) is 20.8. The molecule has 2 amide bonds. The van der Waals surface area contributed by atoms with Crippen LogP contribution in [-0.4, -0.2) is 73.6 Å². The van der Waals surface area contributed by atoms with Crippen molar-refractivity contribution in [3.63, 3.8) is 0 Å². The van der Waals surface area contributed by atoms with Gasteiger partial charge in [0.25, 0.3) is 5.91 Å². The van der Waals surface area contributed by atoms with Crippen LogP contribution in [0.4, 0.5) is 0 Å². The quantitative estimate of drug-likeness (QED) is 0.292. The number of nitrogens with zero attached hydrogens (tertiary/aromatic N) is 2. The lowest BCUT2D eigenvalue weighted by Crippen LogP contribution is -2.61. The van der Waals surface area contributed by atoms with Gasteiger partial charge in [0.05, 0.1) is 24.2 Å². The van der Waals surface area contributed by atoms with E-state index in [1.165, 1.54) is 11.1 Å². The summed E-state index contributed by atoms with van der Waals surface area (Å²) in [6, 6.07) is 23.8. The number of carbonyl (C=O) groups excluding carboxylic acids is 2.